The van der Waals surface area contributed by atoms with Gasteiger partial charge in [0.05, 0.1) is 17.3 Å². The molecule has 0 spiro atoms. The lowest BCUT2D eigenvalue weighted by molar-refractivity contribution is 0.0688. The minimum absolute atomic E-state index is 0.0334. The summed E-state index contributed by atoms with van der Waals surface area (Å²) in [6.07, 6.45) is 1.74. The second kappa shape index (κ2) is 7.22. The van der Waals surface area contributed by atoms with E-state index in [1.807, 2.05) is 44.2 Å². The highest BCUT2D eigenvalue weighted by Gasteiger charge is 2.20. The number of hydrogen-bond acceptors (Lipinski definition) is 2. The van der Waals surface area contributed by atoms with Crippen molar-refractivity contribution in [2.24, 2.45) is 0 Å². The van der Waals surface area contributed by atoms with Crippen molar-refractivity contribution in [3.05, 3.63) is 62.4 Å². The SMILES string of the molecule is CC(C)N(Cc1ccccn1)C(=O)c1ccc(I)c(Cl)c1. The summed E-state index contributed by atoms with van der Waals surface area (Å²) in [4.78, 5) is 18.8. The third kappa shape index (κ3) is 4.17. The van der Waals surface area contributed by atoms with Gasteiger partial charge in [0, 0.05) is 21.4 Å². The second-order valence-electron chi connectivity index (χ2n) is 4.98. The van der Waals surface area contributed by atoms with Crippen LogP contribution in [0.25, 0.3) is 0 Å². The summed E-state index contributed by atoms with van der Waals surface area (Å²) >= 11 is 8.26. The molecule has 0 saturated heterocycles. The van der Waals surface area contributed by atoms with E-state index in [4.69, 9.17) is 11.6 Å². The van der Waals surface area contributed by atoms with E-state index >= 15 is 0 Å². The molecule has 1 aromatic heterocycles. The van der Waals surface area contributed by atoms with Crippen LogP contribution in [0.3, 0.4) is 0 Å². The molecule has 1 heterocycles. The van der Waals surface area contributed by atoms with Gasteiger partial charge in [-0.1, -0.05) is 17.7 Å². The Labute approximate surface area is 143 Å². The van der Waals surface area contributed by atoms with E-state index in [2.05, 4.69) is 27.6 Å². The van der Waals surface area contributed by atoms with Crippen LogP contribution in [0.4, 0.5) is 0 Å². The number of halogens is 2. The first-order valence-electron chi connectivity index (χ1n) is 6.65. The Kier molecular flexibility index (Phi) is 5.58. The number of carbonyl (C=O) groups excluding carboxylic acids is 1. The molecule has 0 N–H and O–H groups in total. The van der Waals surface area contributed by atoms with Crippen molar-refractivity contribution in [1.82, 2.24) is 9.88 Å². The summed E-state index contributed by atoms with van der Waals surface area (Å²) in [5, 5.41) is 0.600. The van der Waals surface area contributed by atoms with Crippen molar-refractivity contribution >= 4 is 40.1 Å². The van der Waals surface area contributed by atoms with E-state index in [9.17, 15) is 4.79 Å². The number of pyridine rings is 1. The molecule has 3 nitrogen and oxygen atoms in total. The first kappa shape index (κ1) is 16.2. The van der Waals surface area contributed by atoms with Gasteiger partial charge in [0.15, 0.2) is 0 Å². The van der Waals surface area contributed by atoms with E-state index in [1.165, 1.54) is 0 Å². The van der Waals surface area contributed by atoms with E-state index in [-0.39, 0.29) is 11.9 Å². The van der Waals surface area contributed by atoms with Crippen LogP contribution in [0.1, 0.15) is 29.9 Å². The zero-order chi connectivity index (χ0) is 15.4. The highest BCUT2D eigenvalue weighted by molar-refractivity contribution is 14.1. The maximum atomic E-state index is 12.7. The van der Waals surface area contributed by atoms with Crippen molar-refractivity contribution in [3.63, 3.8) is 0 Å². The van der Waals surface area contributed by atoms with Crippen LogP contribution < -0.4 is 0 Å². The smallest absolute Gasteiger partial charge is 0.254 e. The third-order valence-electron chi connectivity index (χ3n) is 3.11. The summed E-state index contributed by atoms with van der Waals surface area (Å²) in [5.41, 5.74) is 1.47. The number of rotatable bonds is 4. The third-order valence-corrected chi connectivity index (χ3v) is 4.68. The molecule has 110 valence electrons. The summed E-state index contributed by atoms with van der Waals surface area (Å²) in [5.74, 6) is -0.0334. The monoisotopic (exact) mass is 414 g/mol. The average Bonchev–Trinajstić information content (AvgIpc) is 2.47. The number of carbonyl (C=O) groups is 1. The van der Waals surface area contributed by atoms with Gasteiger partial charge in [-0.2, -0.15) is 0 Å². The normalized spacial score (nSPS) is 10.7. The van der Waals surface area contributed by atoms with Crippen LogP contribution in [-0.2, 0) is 6.54 Å². The molecule has 1 aromatic carbocycles. The van der Waals surface area contributed by atoms with Crippen LogP contribution in [0.2, 0.25) is 5.02 Å². The average molecular weight is 415 g/mol. The lowest BCUT2D eigenvalue weighted by Gasteiger charge is -2.26. The van der Waals surface area contributed by atoms with E-state index < -0.39 is 0 Å². The summed E-state index contributed by atoms with van der Waals surface area (Å²) in [6.45, 7) is 4.48. The van der Waals surface area contributed by atoms with E-state index in [1.54, 1.807) is 17.2 Å². The Balaban J connectivity index is 2.25. The number of nitrogens with zero attached hydrogens (tertiary/aromatic N) is 2. The molecule has 0 aliphatic carbocycles. The molecule has 0 saturated carbocycles. The summed E-state index contributed by atoms with van der Waals surface area (Å²) < 4.78 is 0.937. The van der Waals surface area contributed by atoms with Gasteiger partial charge in [0.2, 0.25) is 0 Å². The molecule has 5 heteroatoms. The van der Waals surface area contributed by atoms with Crippen LogP contribution in [0.5, 0.6) is 0 Å². The van der Waals surface area contributed by atoms with Crippen LogP contribution in [0, 0.1) is 3.57 Å². The van der Waals surface area contributed by atoms with Gasteiger partial charge < -0.3 is 4.90 Å². The molecule has 1 amide bonds. The molecule has 0 unspecified atom stereocenters. The maximum absolute atomic E-state index is 12.7. The number of aromatic nitrogens is 1. The molecule has 0 fully saturated rings. The van der Waals surface area contributed by atoms with Crippen LogP contribution in [-0.4, -0.2) is 21.8 Å². The molecule has 2 aromatic rings. The predicted molar refractivity (Wildman–Crippen MR) is 93.4 cm³/mol. The fourth-order valence-electron chi connectivity index (χ4n) is 1.95. The van der Waals surface area contributed by atoms with E-state index in [0.717, 1.165) is 9.26 Å². The van der Waals surface area contributed by atoms with Crippen LogP contribution >= 0.6 is 34.2 Å². The Bertz CT molecular complexity index is 631. The van der Waals surface area contributed by atoms with Crippen molar-refractivity contribution in [2.45, 2.75) is 26.4 Å². The molecular weight excluding hydrogens is 399 g/mol. The first-order chi connectivity index (χ1) is 9.99. The van der Waals surface area contributed by atoms with E-state index in [0.29, 0.717) is 17.1 Å². The van der Waals surface area contributed by atoms with Gasteiger partial charge in [-0.3, -0.25) is 9.78 Å². The second-order valence-corrected chi connectivity index (χ2v) is 6.55. The van der Waals surface area contributed by atoms with Gasteiger partial charge in [-0.15, -0.1) is 0 Å². The Morgan fingerprint density at radius 3 is 2.67 bits per heavy atom. The Morgan fingerprint density at radius 1 is 1.33 bits per heavy atom. The predicted octanol–water partition coefficient (Wildman–Crippen LogP) is 4.39. The van der Waals surface area contributed by atoms with Gasteiger partial charge in [0.25, 0.3) is 5.91 Å². The Morgan fingerprint density at radius 2 is 2.10 bits per heavy atom. The maximum Gasteiger partial charge on any atom is 0.254 e. The quantitative estimate of drug-likeness (QED) is 0.695. The largest absolute Gasteiger partial charge is 0.330 e. The standard InChI is InChI=1S/C16H16ClIN2O/c1-11(2)20(10-13-5-3-4-8-19-13)16(21)12-6-7-15(18)14(17)9-12/h3-9,11H,10H2,1-2H3. The Hall–Kier alpha value is -1.14. The zero-order valence-corrected chi connectivity index (χ0v) is 14.8. The van der Waals surface area contributed by atoms with Gasteiger partial charge >= 0.3 is 0 Å². The number of benzene rings is 1. The number of amides is 1. The van der Waals surface area contributed by atoms with Crippen molar-refractivity contribution in [3.8, 4) is 0 Å². The van der Waals surface area contributed by atoms with Crippen molar-refractivity contribution in [2.75, 3.05) is 0 Å². The molecule has 0 aliphatic rings. The highest BCUT2D eigenvalue weighted by Crippen LogP contribution is 2.21. The van der Waals surface area contributed by atoms with Crippen LogP contribution in [0.15, 0.2) is 42.6 Å². The van der Waals surface area contributed by atoms with Crippen molar-refractivity contribution < 1.29 is 4.79 Å². The summed E-state index contributed by atoms with van der Waals surface area (Å²) in [6, 6.07) is 11.2. The molecule has 2 rings (SSSR count). The fourth-order valence-corrected chi connectivity index (χ4v) is 2.47. The molecule has 0 atom stereocenters. The molecule has 21 heavy (non-hydrogen) atoms. The lowest BCUT2D eigenvalue weighted by Crippen LogP contribution is -2.36. The lowest BCUT2D eigenvalue weighted by atomic mass is 10.1. The molecule has 0 bridgehead atoms. The molecular formula is C16H16ClIN2O. The minimum atomic E-state index is -0.0334. The van der Waals surface area contributed by atoms with Crippen molar-refractivity contribution in [1.29, 1.82) is 0 Å². The molecule has 0 aliphatic heterocycles. The van der Waals surface area contributed by atoms with Gasteiger partial charge in [-0.25, -0.2) is 0 Å². The van der Waals surface area contributed by atoms with Gasteiger partial charge in [-0.05, 0) is 66.8 Å². The highest BCUT2D eigenvalue weighted by atomic mass is 127. The fraction of sp³-hybridized carbons (Fsp3) is 0.250. The topological polar surface area (TPSA) is 33.2 Å². The first-order valence-corrected chi connectivity index (χ1v) is 8.10. The summed E-state index contributed by atoms with van der Waals surface area (Å²) in [7, 11) is 0. The van der Waals surface area contributed by atoms with Gasteiger partial charge in [0.1, 0.15) is 0 Å². The number of hydrogen-bond donors (Lipinski definition) is 0. The molecule has 0 radical (unpaired) electrons. The zero-order valence-electron chi connectivity index (χ0n) is 11.9. The minimum Gasteiger partial charge on any atom is -0.330 e.